The third kappa shape index (κ3) is 4.67. The van der Waals surface area contributed by atoms with Crippen LogP contribution in [0.5, 0.6) is 0 Å². The van der Waals surface area contributed by atoms with Crippen molar-refractivity contribution >= 4 is 43.9 Å². The Kier molecular flexibility index (Phi) is 6.42. The normalized spacial score (nSPS) is 11.6. The fraction of sp³-hybridized carbons (Fsp3) is 0. The third-order valence-corrected chi connectivity index (χ3v) is 9.37. The smallest absolute Gasteiger partial charge is 0.167 e. The summed E-state index contributed by atoms with van der Waals surface area (Å²) < 4.78 is 13.0. The van der Waals surface area contributed by atoms with E-state index in [9.17, 15) is 0 Å². The Bertz CT molecular complexity index is 2850. The summed E-state index contributed by atoms with van der Waals surface area (Å²) in [5.41, 5.74) is 10.3. The summed E-state index contributed by atoms with van der Waals surface area (Å²) in [6.07, 6.45) is 0. The molecule has 0 aliphatic carbocycles. The van der Waals surface area contributed by atoms with Crippen LogP contribution in [0.1, 0.15) is 0 Å². The fourth-order valence-corrected chi connectivity index (χ4v) is 6.90. The molecule has 3 aromatic heterocycles. The van der Waals surface area contributed by atoms with Gasteiger partial charge >= 0.3 is 0 Å². The minimum absolute atomic E-state index is 0.554. The molecule has 0 saturated carbocycles. The largest absolute Gasteiger partial charge is 0.455 e. The number of hydrogen-bond donors (Lipinski definition) is 0. The van der Waals surface area contributed by atoms with Crippen LogP contribution in [0.15, 0.2) is 173 Å². The fourth-order valence-electron chi connectivity index (χ4n) is 6.90. The summed E-state index contributed by atoms with van der Waals surface area (Å²) in [6.45, 7) is 0. The van der Waals surface area contributed by atoms with Gasteiger partial charge in [0.1, 0.15) is 22.3 Å². The van der Waals surface area contributed by atoms with E-state index in [0.717, 1.165) is 82.8 Å². The number of fused-ring (bicyclic) bond motifs is 6. The van der Waals surface area contributed by atoms with Crippen LogP contribution in [0.3, 0.4) is 0 Å². The first-order chi connectivity index (χ1) is 24.8. The molecule has 5 nitrogen and oxygen atoms in total. The molecule has 234 valence electrons. The Morgan fingerprint density at radius 3 is 1.52 bits per heavy atom. The van der Waals surface area contributed by atoms with Gasteiger partial charge < -0.3 is 8.83 Å². The molecule has 0 spiro atoms. The monoisotopic (exact) mass is 641 g/mol. The lowest BCUT2D eigenvalue weighted by Crippen LogP contribution is -2.00. The van der Waals surface area contributed by atoms with Crippen LogP contribution in [-0.2, 0) is 0 Å². The Morgan fingerprint density at radius 1 is 0.300 bits per heavy atom. The highest BCUT2D eigenvalue weighted by Gasteiger charge is 2.19. The molecule has 0 aliphatic heterocycles. The number of rotatable bonds is 5. The highest BCUT2D eigenvalue weighted by Crippen LogP contribution is 2.40. The zero-order valence-corrected chi connectivity index (χ0v) is 26.7. The summed E-state index contributed by atoms with van der Waals surface area (Å²) in [5.74, 6) is 1.76. The molecule has 0 fully saturated rings. The SMILES string of the molecule is c1ccc(-c2ccc(-c3nc(-c4ccccc4)nc(-c4cccc5c4oc4ccc(-c6cccc7c6oc6ccccc67)cc45)n3)cc2)cc1. The van der Waals surface area contributed by atoms with Crippen LogP contribution in [0.2, 0.25) is 0 Å². The summed E-state index contributed by atoms with van der Waals surface area (Å²) in [5, 5.41) is 4.22. The average Bonchev–Trinajstić information content (AvgIpc) is 3.77. The molecule has 0 bridgehead atoms. The average molecular weight is 642 g/mol. The van der Waals surface area contributed by atoms with Gasteiger partial charge in [0.15, 0.2) is 17.5 Å². The topological polar surface area (TPSA) is 65.0 Å². The van der Waals surface area contributed by atoms with Crippen molar-refractivity contribution in [3.8, 4) is 56.4 Å². The summed E-state index contributed by atoms with van der Waals surface area (Å²) in [7, 11) is 0. The van der Waals surface area contributed by atoms with Gasteiger partial charge in [0, 0.05) is 38.2 Å². The van der Waals surface area contributed by atoms with E-state index in [1.807, 2.05) is 84.9 Å². The summed E-state index contributed by atoms with van der Waals surface area (Å²) >= 11 is 0. The van der Waals surface area contributed by atoms with E-state index in [2.05, 4.69) is 78.9 Å². The van der Waals surface area contributed by atoms with Gasteiger partial charge in [-0.25, -0.2) is 15.0 Å². The Labute approximate surface area is 287 Å². The molecule has 0 N–H and O–H groups in total. The molecular weight excluding hydrogens is 615 g/mol. The molecule has 7 aromatic carbocycles. The van der Waals surface area contributed by atoms with Crippen LogP contribution < -0.4 is 0 Å². The molecule has 10 aromatic rings. The van der Waals surface area contributed by atoms with Crippen molar-refractivity contribution in [3.63, 3.8) is 0 Å². The standard InChI is InChI=1S/C45H27N3O2/c1-3-11-28(12-4-1)29-21-23-31(24-22-29)44-46-43(30-13-5-2-6-14-30)47-45(48-44)37-19-10-18-36-38-27-32(25-26-40(38)50-42(36)37)33-16-9-17-35-34-15-7-8-20-39(34)49-41(33)35/h1-27H. The van der Waals surface area contributed by atoms with Gasteiger partial charge in [0.05, 0.1) is 5.56 Å². The number of benzene rings is 7. The van der Waals surface area contributed by atoms with Crippen LogP contribution >= 0.6 is 0 Å². The zero-order valence-electron chi connectivity index (χ0n) is 26.7. The van der Waals surface area contributed by atoms with Crippen LogP contribution in [0.4, 0.5) is 0 Å². The summed E-state index contributed by atoms with van der Waals surface area (Å²) in [4.78, 5) is 15.0. The molecule has 5 heteroatoms. The molecule has 0 amide bonds. The number of para-hydroxylation sites is 3. The molecule has 0 aliphatic rings. The van der Waals surface area contributed by atoms with Crippen LogP contribution in [-0.4, -0.2) is 15.0 Å². The number of furan rings is 2. The maximum absolute atomic E-state index is 6.60. The van der Waals surface area contributed by atoms with E-state index in [0.29, 0.717) is 17.5 Å². The highest BCUT2D eigenvalue weighted by molar-refractivity contribution is 6.13. The molecule has 10 rings (SSSR count). The maximum atomic E-state index is 6.60. The second kappa shape index (κ2) is 11.4. The number of aromatic nitrogens is 3. The first kappa shape index (κ1) is 28.2. The Hall–Kier alpha value is -6.85. The van der Waals surface area contributed by atoms with Crippen molar-refractivity contribution in [1.29, 1.82) is 0 Å². The zero-order chi connectivity index (χ0) is 33.0. The molecule has 0 radical (unpaired) electrons. The van der Waals surface area contributed by atoms with Gasteiger partial charge in [-0.15, -0.1) is 0 Å². The van der Waals surface area contributed by atoms with Crippen molar-refractivity contribution < 1.29 is 8.83 Å². The van der Waals surface area contributed by atoms with Crippen molar-refractivity contribution in [2.45, 2.75) is 0 Å². The van der Waals surface area contributed by atoms with Gasteiger partial charge in [-0.2, -0.15) is 0 Å². The molecule has 0 unspecified atom stereocenters. The lowest BCUT2D eigenvalue weighted by Gasteiger charge is -2.09. The van der Waals surface area contributed by atoms with E-state index in [-0.39, 0.29) is 0 Å². The van der Waals surface area contributed by atoms with Crippen molar-refractivity contribution in [2.24, 2.45) is 0 Å². The maximum Gasteiger partial charge on any atom is 0.167 e. The minimum atomic E-state index is 0.554. The Balaban J connectivity index is 1.12. The second-order valence-corrected chi connectivity index (χ2v) is 12.4. The molecule has 50 heavy (non-hydrogen) atoms. The quantitative estimate of drug-likeness (QED) is 0.187. The number of nitrogens with zero attached hydrogens (tertiary/aromatic N) is 3. The first-order valence-corrected chi connectivity index (χ1v) is 16.6. The lowest BCUT2D eigenvalue weighted by molar-refractivity contribution is 0.668. The van der Waals surface area contributed by atoms with E-state index in [4.69, 9.17) is 23.8 Å². The minimum Gasteiger partial charge on any atom is -0.455 e. The van der Waals surface area contributed by atoms with Crippen molar-refractivity contribution in [1.82, 2.24) is 15.0 Å². The van der Waals surface area contributed by atoms with E-state index >= 15 is 0 Å². The second-order valence-electron chi connectivity index (χ2n) is 12.4. The predicted molar refractivity (Wildman–Crippen MR) is 202 cm³/mol. The van der Waals surface area contributed by atoms with Crippen LogP contribution in [0, 0.1) is 0 Å². The van der Waals surface area contributed by atoms with Crippen LogP contribution in [0.25, 0.3) is 100 Å². The van der Waals surface area contributed by atoms with E-state index in [1.54, 1.807) is 0 Å². The van der Waals surface area contributed by atoms with Gasteiger partial charge in [0.2, 0.25) is 0 Å². The van der Waals surface area contributed by atoms with E-state index in [1.165, 1.54) is 0 Å². The summed E-state index contributed by atoms with van der Waals surface area (Å²) in [6, 6.07) is 55.7. The molecular formula is C45H27N3O2. The Morgan fingerprint density at radius 2 is 0.780 bits per heavy atom. The van der Waals surface area contributed by atoms with Crippen molar-refractivity contribution in [3.05, 3.63) is 164 Å². The molecule has 0 atom stereocenters. The molecule has 3 heterocycles. The lowest BCUT2D eigenvalue weighted by atomic mass is 10.00. The van der Waals surface area contributed by atoms with Crippen molar-refractivity contribution in [2.75, 3.05) is 0 Å². The van der Waals surface area contributed by atoms with E-state index < -0.39 is 0 Å². The van der Waals surface area contributed by atoms with Gasteiger partial charge in [-0.3, -0.25) is 0 Å². The number of hydrogen-bond acceptors (Lipinski definition) is 5. The first-order valence-electron chi connectivity index (χ1n) is 16.6. The highest BCUT2D eigenvalue weighted by atomic mass is 16.3. The molecule has 0 saturated heterocycles. The predicted octanol–water partition coefficient (Wildman–Crippen LogP) is 12.0. The van der Waals surface area contributed by atoms with Gasteiger partial charge in [-0.05, 0) is 41.0 Å². The third-order valence-electron chi connectivity index (χ3n) is 9.37. The van der Waals surface area contributed by atoms with Gasteiger partial charge in [0.25, 0.3) is 0 Å². The van der Waals surface area contributed by atoms with Gasteiger partial charge in [-0.1, -0.05) is 140 Å².